The van der Waals surface area contributed by atoms with E-state index in [-0.39, 0.29) is 18.8 Å². The molecule has 0 saturated heterocycles. The van der Waals surface area contributed by atoms with Gasteiger partial charge in [0.25, 0.3) is 0 Å². The molecule has 4 fully saturated rings. The van der Waals surface area contributed by atoms with Gasteiger partial charge in [-0.15, -0.1) is 0 Å². The van der Waals surface area contributed by atoms with Crippen LogP contribution in [0.5, 0.6) is 0 Å². The van der Waals surface area contributed by atoms with E-state index >= 15 is 0 Å². The molecule has 3 nitrogen and oxygen atoms in total. The third-order valence-electron chi connectivity index (χ3n) is 9.04. The van der Waals surface area contributed by atoms with Crippen molar-refractivity contribution < 1.29 is 14.6 Å². The third kappa shape index (κ3) is 3.57. The minimum Gasteiger partial charge on any atom is -0.387 e. The maximum atomic E-state index is 12.5. The van der Waals surface area contributed by atoms with Crippen molar-refractivity contribution in [2.45, 2.75) is 77.7 Å². The largest absolute Gasteiger partial charge is 0.387 e. The van der Waals surface area contributed by atoms with E-state index in [1.54, 1.807) is 7.11 Å². The summed E-state index contributed by atoms with van der Waals surface area (Å²) >= 11 is 3.42. The molecule has 0 amide bonds. The van der Waals surface area contributed by atoms with Crippen molar-refractivity contribution in [3.63, 3.8) is 0 Å². The zero-order valence-corrected chi connectivity index (χ0v) is 18.0. The van der Waals surface area contributed by atoms with E-state index < -0.39 is 5.60 Å². The van der Waals surface area contributed by atoms with Crippen LogP contribution < -0.4 is 0 Å². The molecule has 8 atom stereocenters. The van der Waals surface area contributed by atoms with Crippen LogP contribution in [0.15, 0.2) is 0 Å². The molecule has 0 radical (unpaired) electrons. The van der Waals surface area contributed by atoms with Gasteiger partial charge in [0.05, 0.1) is 17.5 Å². The lowest BCUT2D eigenvalue weighted by molar-refractivity contribution is -0.134. The predicted molar refractivity (Wildman–Crippen MR) is 113 cm³/mol. The number of Topliss-reactive ketones (excluding diaryl/α,β-unsaturated/α-hetero) is 1. The van der Waals surface area contributed by atoms with Gasteiger partial charge >= 0.3 is 0 Å². The van der Waals surface area contributed by atoms with Crippen LogP contribution in [-0.2, 0) is 9.53 Å². The molecule has 4 aliphatic rings. The van der Waals surface area contributed by atoms with Gasteiger partial charge < -0.3 is 9.84 Å². The Bertz CT molecular complexity index is 552. The highest BCUT2D eigenvalue weighted by atomic mass is 79.9. The first-order valence-corrected chi connectivity index (χ1v) is 11.8. The molecule has 0 aromatic heterocycles. The topological polar surface area (TPSA) is 46.5 Å². The van der Waals surface area contributed by atoms with Gasteiger partial charge in [0.1, 0.15) is 5.78 Å². The molecular weight excluding hydrogens is 404 g/mol. The Morgan fingerprint density at radius 2 is 1.81 bits per heavy atom. The fourth-order valence-electron chi connectivity index (χ4n) is 7.98. The van der Waals surface area contributed by atoms with Crippen molar-refractivity contribution in [1.29, 1.82) is 0 Å². The number of ketones is 1. The summed E-state index contributed by atoms with van der Waals surface area (Å²) < 4.78 is 5.30. The quantitative estimate of drug-likeness (QED) is 0.605. The Morgan fingerprint density at radius 1 is 1.07 bits per heavy atom. The van der Waals surface area contributed by atoms with Crippen LogP contribution in [0, 0.1) is 40.9 Å². The Kier molecular flexibility index (Phi) is 6.50. The lowest BCUT2D eigenvalue weighted by atomic mass is 9.49. The van der Waals surface area contributed by atoms with Crippen LogP contribution >= 0.6 is 15.9 Å². The Morgan fingerprint density at radius 3 is 2.52 bits per heavy atom. The van der Waals surface area contributed by atoms with Gasteiger partial charge in [0.2, 0.25) is 0 Å². The van der Waals surface area contributed by atoms with Crippen LogP contribution in [0.25, 0.3) is 0 Å². The minimum absolute atomic E-state index is 0. The number of carbonyl (C=O) groups is 1. The van der Waals surface area contributed by atoms with Crippen molar-refractivity contribution in [1.82, 2.24) is 0 Å². The van der Waals surface area contributed by atoms with Crippen LogP contribution in [0.2, 0.25) is 0 Å². The molecule has 0 unspecified atom stereocenters. The van der Waals surface area contributed by atoms with Gasteiger partial charge in [0.15, 0.2) is 0 Å². The fourth-order valence-corrected chi connectivity index (χ4v) is 8.38. The number of alkyl halides is 1. The lowest BCUT2D eigenvalue weighted by Crippen LogP contribution is -2.52. The Balaban J connectivity index is 0.00000210. The minimum atomic E-state index is -0.591. The summed E-state index contributed by atoms with van der Waals surface area (Å²) in [5.41, 5.74) is -0.350. The van der Waals surface area contributed by atoms with Crippen LogP contribution in [0.1, 0.15) is 72.1 Å². The number of fused-ring (bicyclic) bond motifs is 5. The molecule has 1 N–H and O–H groups in total. The highest BCUT2D eigenvalue weighted by Crippen LogP contribution is 2.64. The second-order valence-corrected chi connectivity index (χ2v) is 10.7. The summed E-state index contributed by atoms with van der Waals surface area (Å²) in [6.07, 6.45) is 10.5. The number of ether oxygens (including phenoxy) is 1. The van der Waals surface area contributed by atoms with Crippen LogP contribution in [0.3, 0.4) is 0 Å². The molecule has 156 valence electrons. The van der Waals surface area contributed by atoms with Gasteiger partial charge in [-0.2, -0.15) is 0 Å². The first-order chi connectivity index (χ1) is 12.4. The monoisotopic (exact) mass is 442 g/mol. The zero-order valence-electron chi connectivity index (χ0n) is 16.4. The average molecular weight is 443 g/mol. The molecule has 0 bridgehead atoms. The summed E-state index contributed by atoms with van der Waals surface area (Å²) in [4.78, 5) is 12.5. The van der Waals surface area contributed by atoms with Crippen LogP contribution in [-0.4, -0.2) is 35.5 Å². The van der Waals surface area contributed by atoms with E-state index in [1.165, 1.54) is 38.5 Å². The predicted octanol–water partition coefficient (Wildman–Crippen LogP) is 5.23. The maximum Gasteiger partial charge on any atom is 0.147 e. The number of rotatable bonds is 4. The van der Waals surface area contributed by atoms with Gasteiger partial charge in [0, 0.05) is 13.0 Å². The molecule has 27 heavy (non-hydrogen) atoms. The number of methoxy groups -OCH3 is 1. The Hall–Kier alpha value is 0.0700. The average Bonchev–Trinajstić information content (AvgIpc) is 2.98. The molecule has 0 aromatic carbocycles. The molecule has 4 aliphatic carbocycles. The molecule has 4 rings (SSSR count). The first-order valence-electron chi connectivity index (χ1n) is 10.7. The second-order valence-electron chi connectivity index (χ2n) is 10.1. The third-order valence-corrected chi connectivity index (χ3v) is 9.59. The van der Waals surface area contributed by atoms with Crippen molar-refractivity contribution >= 4 is 21.7 Å². The highest BCUT2D eigenvalue weighted by molar-refractivity contribution is 9.09. The zero-order chi connectivity index (χ0) is 18.5. The summed E-state index contributed by atoms with van der Waals surface area (Å²) in [6.45, 7) is 2.91. The van der Waals surface area contributed by atoms with Gasteiger partial charge in [-0.05, 0) is 92.8 Å². The van der Waals surface area contributed by atoms with E-state index in [0.717, 1.165) is 42.9 Å². The number of aliphatic hydroxyl groups is 1. The molecule has 0 spiro atoms. The van der Waals surface area contributed by atoms with Crippen molar-refractivity contribution in [2.75, 3.05) is 19.0 Å². The lowest BCUT2D eigenvalue weighted by Gasteiger charge is -2.57. The van der Waals surface area contributed by atoms with E-state index in [2.05, 4.69) is 22.9 Å². The molecule has 4 saturated carbocycles. The molecule has 0 aromatic rings. The summed E-state index contributed by atoms with van der Waals surface area (Å²) in [5, 5.41) is 11.4. The van der Waals surface area contributed by atoms with Crippen LogP contribution in [0.4, 0.5) is 0 Å². The number of halogens is 1. The maximum absolute atomic E-state index is 12.5. The Labute approximate surface area is 174 Å². The number of carbonyl (C=O) groups excluding carboxylic acids is 1. The van der Waals surface area contributed by atoms with E-state index in [1.807, 2.05) is 0 Å². The molecule has 4 heteroatoms. The van der Waals surface area contributed by atoms with E-state index in [0.29, 0.717) is 23.6 Å². The van der Waals surface area contributed by atoms with Gasteiger partial charge in [-0.3, -0.25) is 4.79 Å². The highest BCUT2D eigenvalue weighted by Gasteiger charge is 2.58. The first kappa shape index (κ1) is 21.8. The standard InChI is InChI=1S/C22H35BrO3.CH4/c1-21-9-7-16-15-8-10-22(25,13-26-2)11-14(15)3-4-17(16)18(21)5-6-19(21)20(24)12-23;/h14-19,25H,3-13H2,1-2H3;1H4/t14-,15+,16-,17-,18+,19-,21+,22-;/m1./s1. The van der Waals surface area contributed by atoms with Crippen molar-refractivity contribution in [2.24, 2.45) is 40.9 Å². The fraction of sp³-hybridized carbons (Fsp3) is 0.957. The molecular formula is C23H39BrO3. The molecule has 0 heterocycles. The van der Waals surface area contributed by atoms with Gasteiger partial charge in [-0.1, -0.05) is 30.3 Å². The normalized spacial score (nSPS) is 48.7. The summed E-state index contributed by atoms with van der Waals surface area (Å²) in [5.74, 6) is 4.58. The second kappa shape index (κ2) is 8.07. The summed E-state index contributed by atoms with van der Waals surface area (Å²) in [6, 6.07) is 0. The van der Waals surface area contributed by atoms with E-state index in [9.17, 15) is 9.90 Å². The molecule has 0 aliphatic heterocycles. The van der Waals surface area contributed by atoms with Gasteiger partial charge in [-0.25, -0.2) is 0 Å². The summed E-state index contributed by atoms with van der Waals surface area (Å²) in [7, 11) is 1.70. The number of hydrogen-bond donors (Lipinski definition) is 1. The SMILES string of the molecule is C.COC[C@@]1(O)CC[C@H]2[C@H](CC[C@@H]3[C@@H]2CC[C@]2(C)[C@@H](C(=O)CBr)CC[C@@H]32)C1. The number of hydrogen-bond acceptors (Lipinski definition) is 3. The van der Waals surface area contributed by atoms with E-state index in [4.69, 9.17) is 4.74 Å². The van der Waals surface area contributed by atoms with Crippen molar-refractivity contribution in [3.05, 3.63) is 0 Å². The van der Waals surface area contributed by atoms with Crippen molar-refractivity contribution in [3.8, 4) is 0 Å². The smallest absolute Gasteiger partial charge is 0.147 e.